The van der Waals surface area contributed by atoms with Gasteiger partial charge in [-0.1, -0.05) is 18.2 Å². The minimum absolute atomic E-state index is 0.179. The second kappa shape index (κ2) is 9.74. The SMILES string of the molecule is CCOc1ccc2nc(SCC(=O)Nc3sc4c(c3C(=O)OC)CCCCC4)[nH]c2c1. The molecule has 0 unspecified atom stereocenters. The van der Waals surface area contributed by atoms with Gasteiger partial charge in [-0.05, 0) is 50.3 Å². The summed E-state index contributed by atoms with van der Waals surface area (Å²) in [5.41, 5.74) is 3.25. The maximum atomic E-state index is 12.6. The summed E-state index contributed by atoms with van der Waals surface area (Å²) in [5.74, 6) is 0.397. The largest absolute Gasteiger partial charge is 0.494 e. The van der Waals surface area contributed by atoms with Gasteiger partial charge in [-0.15, -0.1) is 11.3 Å². The van der Waals surface area contributed by atoms with Crippen molar-refractivity contribution in [2.75, 3.05) is 24.8 Å². The molecule has 31 heavy (non-hydrogen) atoms. The van der Waals surface area contributed by atoms with Crippen molar-refractivity contribution in [3.8, 4) is 5.75 Å². The molecule has 0 radical (unpaired) electrons. The third-order valence-electron chi connectivity index (χ3n) is 5.15. The number of nitrogens with zero attached hydrogens (tertiary/aromatic N) is 1. The number of carbonyl (C=O) groups excluding carboxylic acids is 2. The average Bonchev–Trinajstić information content (AvgIpc) is 3.24. The van der Waals surface area contributed by atoms with E-state index in [1.165, 1.54) is 35.1 Å². The predicted molar refractivity (Wildman–Crippen MR) is 124 cm³/mol. The van der Waals surface area contributed by atoms with E-state index in [9.17, 15) is 9.59 Å². The number of esters is 1. The Bertz CT molecular complexity index is 1110. The Morgan fingerprint density at radius 3 is 2.90 bits per heavy atom. The van der Waals surface area contributed by atoms with E-state index in [2.05, 4.69) is 15.3 Å². The number of carbonyl (C=O) groups is 2. The lowest BCUT2D eigenvalue weighted by Crippen LogP contribution is -2.16. The van der Waals surface area contributed by atoms with Crippen molar-refractivity contribution in [3.63, 3.8) is 0 Å². The van der Waals surface area contributed by atoms with E-state index < -0.39 is 0 Å². The maximum absolute atomic E-state index is 12.6. The molecule has 9 heteroatoms. The molecule has 2 aromatic heterocycles. The summed E-state index contributed by atoms with van der Waals surface area (Å²) in [6, 6.07) is 5.67. The minimum Gasteiger partial charge on any atom is -0.494 e. The lowest BCUT2D eigenvalue weighted by atomic mass is 10.1. The van der Waals surface area contributed by atoms with Gasteiger partial charge in [0.15, 0.2) is 5.16 Å². The summed E-state index contributed by atoms with van der Waals surface area (Å²) >= 11 is 2.82. The van der Waals surface area contributed by atoms with Crippen LogP contribution in [0.1, 0.15) is 47.0 Å². The molecular formula is C22H25N3O4S2. The lowest BCUT2D eigenvalue weighted by Gasteiger charge is -2.07. The van der Waals surface area contributed by atoms with Crippen LogP contribution in [0.15, 0.2) is 23.4 Å². The fourth-order valence-corrected chi connectivity index (χ4v) is 5.71. The van der Waals surface area contributed by atoms with Crippen LogP contribution < -0.4 is 10.1 Å². The van der Waals surface area contributed by atoms with Gasteiger partial charge in [0.25, 0.3) is 0 Å². The summed E-state index contributed by atoms with van der Waals surface area (Å²) in [5, 5.41) is 4.18. The Hall–Kier alpha value is -2.52. The molecule has 0 aliphatic heterocycles. The minimum atomic E-state index is -0.385. The molecule has 1 aromatic carbocycles. The first-order valence-electron chi connectivity index (χ1n) is 10.4. The van der Waals surface area contributed by atoms with Gasteiger partial charge in [-0.2, -0.15) is 0 Å². The van der Waals surface area contributed by atoms with Crippen LogP contribution in [0.4, 0.5) is 5.00 Å². The quantitative estimate of drug-likeness (QED) is 0.299. The van der Waals surface area contributed by atoms with Crippen molar-refractivity contribution in [1.82, 2.24) is 9.97 Å². The molecule has 0 saturated carbocycles. The van der Waals surface area contributed by atoms with E-state index in [0.29, 0.717) is 22.3 Å². The number of hydrogen-bond donors (Lipinski definition) is 2. The van der Waals surface area contributed by atoms with Crippen LogP contribution in [-0.4, -0.2) is 41.3 Å². The fraction of sp³-hybridized carbons (Fsp3) is 0.409. The number of H-pyrrole nitrogens is 1. The third-order valence-corrected chi connectivity index (χ3v) is 7.23. The summed E-state index contributed by atoms with van der Waals surface area (Å²) < 4.78 is 10.5. The van der Waals surface area contributed by atoms with Crippen LogP contribution in [0.3, 0.4) is 0 Å². The Labute approximate surface area is 188 Å². The molecule has 7 nitrogen and oxygen atoms in total. The van der Waals surface area contributed by atoms with E-state index >= 15 is 0 Å². The highest BCUT2D eigenvalue weighted by atomic mass is 32.2. The molecule has 164 valence electrons. The number of thioether (sulfide) groups is 1. The third kappa shape index (κ3) is 4.88. The van der Waals surface area contributed by atoms with Crippen molar-refractivity contribution < 1.29 is 19.1 Å². The van der Waals surface area contributed by atoms with Crippen LogP contribution in [0.5, 0.6) is 5.75 Å². The molecule has 1 aliphatic carbocycles. The topological polar surface area (TPSA) is 93.3 Å². The normalized spacial score (nSPS) is 13.5. The molecule has 0 fully saturated rings. The van der Waals surface area contributed by atoms with Gasteiger partial charge in [0, 0.05) is 10.9 Å². The molecule has 0 spiro atoms. The molecule has 0 bridgehead atoms. The number of amides is 1. The van der Waals surface area contributed by atoms with Crippen LogP contribution in [-0.2, 0) is 22.4 Å². The average molecular weight is 460 g/mol. The van der Waals surface area contributed by atoms with E-state index in [-0.39, 0.29) is 17.6 Å². The van der Waals surface area contributed by atoms with Gasteiger partial charge in [0.1, 0.15) is 10.8 Å². The monoisotopic (exact) mass is 459 g/mol. The van der Waals surface area contributed by atoms with E-state index in [1.807, 2.05) is 25.1 Å². The number of nitrogens with one attached hydrogen (secondary N) is 2. The number of aromatic nitrogens is 2. The Morgan fingerprint density at radius 2 is 2.10 bits per heavy atom. The Morgan fingerprint density at radius 1 is 1.26 bits per heavy atom. The number of hydrogen-bond acceptors (Lipinski definition) is 7. The summed E-state index contributed by atoms with van der Waals surface area (Å²) in [6.45, 7) is 2.54. The number of imidazole rings is 1. The second-order valence-corrected chi connectivity index (χ2v) is 9.32. The van der Waals surface area contributed by atoms with Crippen molar-refractivity contribution in [3.05, 3.63) is 34.2 Å². The van der Waals surface area contributed by atoms with Gasteiger partial charge >= 0.3 is 5.97 Å². The van der Waals surface area contributed by atoms with Crippen molar-refractivity contribution >= 4 is 51.0 Å². The number of thiophene rings is 1. The van der Waals surface area contributed by atoms with E-state index in [0.717, 1.165) is 54.5 Å². The summed E-state index contributed by atoms with van der Waals surface area (Å²) in [4.78, 5) is 34.0. The van der Waals surface area contributed by atoms with Crippen LogP contribution in [0.2, 0.25) is 0 Å². The Kier molecular flexibility index (Phi) is 6.82. The highest BCUT2D eigenvalue weighted by Gasteiger charge is 2.26. The first kappa shape index (κ1) is 21.7. The number of methoxy groups -OCH3 is 1. The van der Waals surface area contributed by atoms with Gasteiger partial charge in [0.05, 0.1) is 36.1 Å². The fourth-order valence-electron chi connectivity index (χ4n) is 3.74. The van der Waals surface area contributed by atoms with Crippen molar-refractivity contribution in [2.45, 2.75) is 44.2 Å². The van der Waals surface area contributed by atoms with Crippen molar-refractivity contribution in [2.24, 2.45) is 0 Å². The second-order valence-electron chi connectivity index (χ2n) is 7.25. The first-order valence-corrected chi connectivity index (χ1v) is 12.2. The van der Waals surface area contributed by atoms with Crippen LogP contribution in [0.25, 0.3) is 11.0 Å². The molecule has 4 rings (SSSR count). The van der Waals surface area contributed by atoms with Crippen LogP contribution >= 0.6 is 23.1 Å². The van der Waals surface area contributed by atoms with Gasteiger partial charge in [-0.3, -0.25) is 4.79 Å². The summed E-state index contributed by atoms with van der Waals surface area (Å²) in [7, 11) is 1.38. The zero-order valence-corrected chi connectivity index (χ0v) is 19.2. The summed E-state index contributed by atoms with van der Waals surface area (Å²) in [6.07, 6.45) is 5.10. The molecule has 2 N–H and O–H groups in total. The smallest absolute Gasteiger partial charge is 0.341 e. The highest BCUT2D eigenvalue weighted by Crippen LogP contribution is 2.38. The molecule has 2 heterocycles. The number of fused-ring (bicyclic) bond motifs is 2. The first-order chi connectivity index (χ1) is 15.1. The molecule has 1 aliphatic rings. The molecule has 0 atom stereocenters. The number of anilines is 1. The molecule has 3 aromatic rings. The van der Waals surface area contributed by atoms with E-state index in [4.69, 9.17) is 9.47 Å². The Balaban J connectivity index is 1.45. The number of aryl methyl sites for hydroxylation is 1. The molecule has 0 saturated heterocycles. The number of rotatable bonds is 7. The predicted octanol–water partition coefficient (Wildman–Crippen LogP) is 4.81. The zero-order valence-electron chi connectivity index (χ0n) is 17.6. The van der Waals surface area contributed by atoms with Crippen molar-refractivity contribution in [1.29, 1.82) is 0 Å². The van der Waals surface area contributed by atoms with Gasteiger partial charge in [-0.25, -0.2) is 9.78 Å². The lowest BCUT2D eigenvalue weighted by molar-refractivity contribution is -0.113. The van der Waals surface area contributed by atoms with Gasteiger partial charge in [0.2, 0.25) is 5.91 Å². The maximum Gasteiger partial charge on any atom is 0.341 e. The molecular weight excluding hydrogens is 434 g/mol. The number of aromatic amines is 1. The number of ether oxygens (including phenoxy) is 2. The van der Waals surface area contributed by atoms with Crippen LogP contribution in [0, 0.1) is 0 Å². The standard InChI is InChI=1S/C22H25N3O4S2/c1-3-29-13-9-10-15-16(11-13)24-22(23-15)30-12-18(26)25-20-19(21(27)28-2)14-7-5-4-6-8-17(14)31-20/h9-11H,3-8,12H2,1-2H3,(H,23,24)(H,25,26). The molecule has 1 amide bonds. The zero-order chi connectivity index (χ0) is 21.8. The van der Waals surface area contributed by atoms with E-state index in [1.54, 1.807) is 0 Å². The number of benzene rings is 1. The van der Waals surface area contributed by atoms with Gasteiger partial charge < -0.3 is 19.8 Å². The highest BCUT2D eigenvalue weighted by molar-refractivity contribution is 7.99.